The lowest BCUT2D eigenvalue weighted by Crippen LogP contribution is -2.46. The predicted molar refractivity (Wildman–Crippen MR) is 132 cm³/mol. The van der Waals surface area contributed by atoms with Crippen LogP contribution in [0.1, 0.15) is 44.0 Å². The van der Waals surface area contributed by atoms with Crippen molar-refractivity contribution in [2.24, 2.45) is 0 Å². The van der Waals surface area contributed by atoms with Gasteiger partial charge in [-0.1, -0.05) is 0 Å². The molecule has 0 atom stereocenters. The zero-order chi connectivity index (χ0) is 27.2. The number of hydrogen-bond acceptors (Lipinski definition) is 7. The van der Waals surface area contributed by atoms with E-state index in [1.807, 2.05) is 0 Å². The standard InChI is InChI=1S/C26H25F2N5O5/c1-37-20-4-3-15(13-21(20)38-2)26(36)33-9-5-19(6-10-33)31-25(35)22-23(30-8-7-29-22)32-24(34)16-11-17(27)14-18(28)12-16/h3-4,7-8,11-14,19H,5-6,9-10H2,1-2H3,(H,31,35)(H,30,32,34). The molecular formula is C26H25F2N5O5. The van der Waals surface area contributed by atoms with Crippen molar-refractivity contribution in [2.45, 2.75) is 18.9 Å². The van der Waals surface area contributed by atoms with E-state index in [0.717, 1.165) is 12.1 Å². The first-order valence-electron chi connectivity index (χ1n) is 11.7. The van der Waals surface area contributed by atoms with Crippen LogP contribution in [0, 0.1) is 11.6 Å². The molecule has 2 N–H and O–H groups in total. The number of aromatic nitrogens is 2. The molecule has 3 aromatic rings. The van der Waals surface area contributed by atoms with Gasteiger partial charge in [0.1, 0.15) is 11.6 Å². The van der Waals surface area contributed by atoms with Gasteiger partial charge in [-0.15, -0.1) is 0 Å². The zero-order valence-electron chi connectivity index (χ0n) is 20.7. The molecule has 1 aliphatic rings. The van der Waals surface area contributed by atoms with E-state index < -0.39 is 23.4 Å². The Balaban J connectivity index is 1.37. The van der Waals surface area contributed by atoms with Gasteiger partial charge in [0, 0.05) is 48.7 Å². The van der Waals surface area contributed by atoms with Crippen LogP contribution in [0.2, 0.25) is 0 Å². The molecule has 1 aliphatic heterocycles. The van der Waals surface area contributed by atoms with Gasteiger partial charge in [-0.3, -0.25) is 14.4 Å². The molecule has 2 heterocycles. The molecule has 4 rings (SSSR count). The maximum atomic E-state index is 13.5. The van der Waals surface area contributed by atoms with E-state index in [0.29, 0.717) is 49.1 Å². The second-order valence-electron chi connectivity index (χ2n) is 8.48. The monoisotopic (exact) mass is 525 g/mol. The van der Waals surface area contributed by atoms with Gasteiger partial charge < -0.3 is 25.0 Å². The van der Waals surface area contributed by atoms with E-state index in [1.54, 1.807) is 23.1 Å². The molecule has 0 bridgehead atoms. The third kappa shape index (κ3) is 6.02. The Hall–Kier alpha value is -4.61. The van der Waals surface area contributed by atoms with Crippen LogP contribution in [-0.2, 0) is 0 Å². The number of amides is 3. The average molecular weight is 526 g/mol. The van der Waals surface area contributed by atoms with Crippen molar-refractivity contribution in [2.75, 3.05) is 32.6 Å². The van der Waals surface area contributed by atoms with Gasteiger partial charge >= 0.3 is 0 Å². The Bertz CT molecular complexity index is 1340. The van der Waals surface area contributed by atoms with Crippen molar-refractivity contribution in [3.05, 3.63) is 77.2 Å². The lowest BCUT2D eigenvalue weighted by molar-refractivity contribution is 0.0697. The molecule has 0 unspecified atom stereocenters. The lowest BCUT2D eigenvalue weighted by atomic mass is 10.0. The highest BCUT2D eigenvalue weighted by molar-refractivity contribution is 6.07. The maximum Gasteiger partial charge on any atom is 0.273 e. The first-order chi connectivity index (χ1) is 18.3. The molecule has 0 aliphatic carbocycles. The van der Waals surface area contributed by atoms with Crippen molar-refractivity contribution in [3.63, 3.8) is 0 Å². The molecule has 10 nitrogen and oxygen atoms in total. The van der Waals surface area contributed by atoms with Gasteiger partial charge in [-0.05, 0) is 43.2 Å². The van der Waals surface area contributed by atoms with E-state index in [-0.39, 0.29) is 29.0 Å². The number of methoxy groups -OCH3 is 2. The number of benzene rings is 2. The molecule has 0 radical (unpaired) electrons. The minimum Gasteiger partial charge on any atom is -0.493 e. The zero-order valence-corrected chi connectivity index (χ0v) is 20.7. The topological polar surface area (TPSA) is 123 Å². The molecule has 198 valence electrons. The van der Waals surface area contributed by atoms with Crippen molar-refractivity contribution in [1.82, 2.24) is 20.2 Å². The number of halogens is 2. The number of piperidine rings is 1. The smallest absolute Gasteiger partial charge is 0.273 e. The molecule has 3 amide bonds. The first kappa shape index (κ1) is 26.5. The Kier molecular flexibility index (Phi) is 8.09. The van der Waals surface area contributed by atoms with Crippen LogP contribution >= 0.6 is 0 Å². The van der Waals surface area contributed by atoms with Gasteiger partial charge in [-0.2, -0.15) is 0 Å². The summed E-state index contributed by atoms with van der Waals surface area (Å²) < 4.78 is 37.5. The Morgan fingerprint density at radius 3 is 2.18 bits per heavy atom. The van der Waals surface area contributed by atoms with Gasteiger partial charge in [-0.25, -0.2) is 18.7 Å². The normalized spacial score (nSPS) is 13.5. The SMILES string of the molecule is COc1ccc(C(=O)N2CCC(NC(=O)c3nccnc3NC(=O)c3cc(F)cc(F)c3)CC2)cc1OC. The third-order valence-corrected chi connectivity index (χ3v) is 6.02. The minimum absolute atomic E-state index is 0.151. The van der Waals surface area contributed by atoms with E-state index in [1.165, 1.54) is 26.6 Å². The number of hydrogen-bond donors (Lipinski definition) is 2. The number of ether oxygens (including phenoxy) is 2. The van der Waals surface area contributed by atoms with Crippen molar-refractivity contribution >= 4 is 23.5 Å². The summed E-state index contributed by atoms with van der Waals surface area (Å²) in [5.74, 6) is -2.60. The molecule has 12 heteroatoms. The highest BCUT2D eigenvalue weighted by Crippen LogP contribution is 2.28. The van der Waals surface area contributed by atoms with Crippen LogP contribution < -0.4 is 20.1 Å². The highest BCUT2D eigenvalue weighted by Gasteiger charge is 2.27. The van der Waals surface area contributed by atoms with E-state index in [2.05, 4.69) is 20.6 Å². The average Bonchev–Trinajstić information content (AvgIpc) is 2.92. The molecular weight excluding hydrogens is 500 g/mol. The number of carbonyl (C=O) groups excluding carboxylic acids is 3. The largest absolute Gasteiger partial charge is 0.493 e. The summed E-state index contributed by atoms with van der Waals surface area (Å²) in [6.45, 7) is 0.820. The number of anilines is 1. The Labute approximate surface area is 217 Å². The summed E-state index contributed by atoms with van der Waals surface area (Å²) in [6.07, 6.45) is 3.55. The number of nitrogens with zero attached hydrogens (tertiary/aromatic N) is 3. The Morgan fingerprint density at radius 1 is 0.868 bits per heavy atom. The van der Waals surface area contributed by atoms with E-state index in [4.69, 9.17) is 9.47 Å². The first-order valence-corrected chi connectivity index (χ1v) is 11.7. The fourth-order valence-corrected chi connectivity index (χ4v) is 4.09. The molecule has 0 spiro atoms. The van der Waals surface area contributed by atoms with Crippen LogP contribution in [0.4, 0.5) is 14.6 Å². The van der Waals surface area contributed by atoms with E-state index >= 15 is 0 Å². The number of nitrogens with one attached hydrogen (secondary N) is 2. The van der Waals surface area contributed by atoms with Crippen LogP contribution in [0.15, 0.2) is 48.8 Å². The predicted octanol–water partition coefficient (Wildman–Crippen LogP) is 3.06. The summed E-state index contributed by atoms with van der Waals surface area (Å²) in [6, 6.07) is 7.08. The summed E-state index contributed by atoms with van der Waals surface area (Å²) in [7, 11) is 3.01. The summed E-state index contributed by atoms with van der Waals surface area (Å²) >= 11 is 0. The number of rotatable bonds is 7. The molecule has 38 heavy (non-hydrogen) atoms. The quantitative estimate of drug-likeness (QED) is 0.486. The summed E-state index contributed by atoms with van der Waals surface area (Å²) in [5.41, 5.74) is 0.0378. The van der Waals surface area contributed by atoms with Crippen molar-refractivity contribution in [1.29, 1.82) is 0 Å². The Morgan fingerprint density at radius 2 is 1.53 bits per heavy atom. The van der Waals surface area contributed by atoms with Gasteiger partial charge in [0.25, 0.3) is 17.7 Å². The summed E-state index contributed by atoms with van der Waals surface area (Å²) in [4.78, 5) is 48.1. The fourth-order valence-electron chi connectivity index (χ4n) is 4.09. The number of likely N-dealkylation sites (tertiary alicyclic amines) is 1. The second-order valence-corrected chi connectivity index (χ2v) is 8.48. The van der Waals surface area contributed by atoms with Crippen LogP contribution in [0.5, 0.6) is 11.5 Å². The van der Waals surface area contributed by atoms with Crippen molar-refractivity contribution in [3.8, 4) is 11.5 Å². The fraction of sp³-hybridized carbons (Fsp3) is 0.269. The molecule has 1 aromatic heterocycles. The molecule has 1 saturated heterocycles. The van der Waals surface area contributed by atoms with Crippen molar-refractivity contribution < 1.29 is 32.6 Å². The van der Waals surface area contributed by atoms with Crippen LogP contribution in [0.3, 0.4) is 0 Å². The maximum absolute atomic E-state index is 13.5. The molecule has 2 aromatic carbocycles. The van der Waals surface area contributed by atoms with Crippen LogP contribution in [0.25, 0.3) is 0 Å². The van der Waals surface area contributed by atoms with E-state index in [9.17, 15) is 23.2 Å². The highest BCUT2D eigenvalue weighted by atomic mass is 19.1. The summed E-state index contributed by atoms with van der Waals surface area (Å²) in [5, 5.41) is 5.23. The van der Waals surface area contributed by atoms with Crippen LogP contribution in [-0.4, -0.2) is 65.9 Å². The van der Waals surface area contributed by atoms with Gasteiger partial charge in [0.2, 0.25) is 0 Å². The second kappa shape index (κ2) is 11.6. The third-order valence-electron chi connectivity index (χ3n) is 6.02. The lowest BCUT2D eigenvalue weighted by Gasteiger charge is -2.32. The minimum atomic E-state index is -0.914. The number of carbonyl (C=O) groups is 3. The van der Waals surface area contributed by atoms with Gasteiger partial charge in [0.15, 0.2) is 23.0 Å². The van der Waals surface area contributed by atoms with Gasteiger partial charge in [0.05, 0.1) is 14.2 Å². The molecule has 1 fully saturated rings. The molecule has 0 saturated carbocycles.